The van der Waals surface area contributed by atoms with E-state index < -0.39 is 11.0 Å². The molecular weight excluding hydrogens is 412 g/mol. The Morgan fingerprint density at radius 3 is 2.40 bits per heavy atom. The first-order valence-electron chi connectivity index (χ1n) is 7.37. The van der Waals surface area contributed by atoms with Crippen LogP contribution in [-0.4, -0.2) is 16.9 Å². The van der Waals surface area contributed by atoms with Crippen LogP contribution in [0.1, 0.15) is 18.1 Å². The number of hydrogen-bond donors (Lipinski definition) is 1. The van der Waals surface area contributed by atoms with Gasteiger partial charge < -0.3 is 10.1 Å². The molecule has 0 aromatic heterocycles. The molecule has 0 aliphatic carbocycles. The first-order valence-corrected chi connectivity index (χ1v) is 8.54. The molecule has 0 aliphatic rings. The second kappa shape index (κ2) is 7.84. The number of non-ortho nitro benzene ring substituents is 1. The molecule has 0 saturated heterocycles. The summed E-state index contributed by atoms with van der Waals surface area (Å²) >= 11 is 9.33. The van der Waals surface area contributed by atoms with Crippen molar-refractivity contribution in [2.24, 2.45) is 0 Å². The summed E-state index contributed by atoms with van der Waals surface area (Å²) in [4.78, 5) is 22.5. The molecule has 0 spiro atoms. The summed E-state index contributed by atoms with van der Waals surface area (Å²) in [5, 5.41) is 14.1. The van der Waals surface area contributed by atoms with Crippen molar-refractivity contribution in [2.75, 3.05) is 5.32 Å². The zero-order valence-corrected chi connectivity index (χ0v) is 16.1. The number of aryl methyl sites for hydroxylation is 2. The van der Waals surface area contributed by atoms with E-state index in [0.29, 0.717) is 20.9 Å². The Morgan fingerprint density at radius 2 is 1.88 bits per heavy atom. The lowest BCUT2D eigenvalue weighted by Crippen LogP contribution is -2.30. The normalized spacial score (nSPS) is 11.7. The van der Waals surface area contributed by atoms with Crippen LogP contribution in [0.25, 0.3) is 0 Å². The molecule has 25 heavy (non-hydrogen) atoms. The highest BCUT2D eigenvalue weighted by molar-refractivity contribution is 9.10. The highest BCUT2D eigenvalue weighted by Crippen LogP contribution is 2.28. The molecule has 0 unspecified atom stereocenters. The standard InChI is InChI=1S/C17H16BrClN2O4/c1-9-6-13(7-10(2)16(9)19)25-11(3)17(22)20-15-5-4-12(21(23)24)8-14(15)18/h4-8,11H,1-3H3,(H,20,22)/t11-/m1/s1. The summed E-state index contributed by atoms with van der Waals surface area (Å²) in [7, 11) is 0. The van der Waals surface area contributed by atoms with Gasteiger partial charge >= 0.3 is 0 Å². The number of hydrogen-bond acceptors (Lipinski definition) is 4. The fraction of sp³-hybridized carbons (Fsp3) is 0.235. The number of halogens is 2. The number of amides is 1. The van der Waals surface area contributed by atoms with Crippen LogP contribution in [0.3, 0.4) is 0 Å². The molecule has 0 fully saturated rings. The van der Waals surface area contributed by atoms with Crippen LogP contribution in [0.4, 0.5) is 11.4 Å². The third-order valence-corrected chi connectivity index (χ3v) is 4.77. The van der Waals surface area contributed by atoms with Crippen LogP contribution in [0.5, 0.6) is 5.75 Å². The average Bonchev–Trinajstić information content (AvgIpc) is 2.54. The maximum absolute atomic E-state index is 12.3. The van der Waals surface area contributed by atoms with Gasteiger partial charge in [0, 0.05) is 21.6 Å². The van der Waals surface area contributed by atoms with Crippen LogP contribution in [-0.2, 0) is 4.79 Å². The summed E-state index contributed by atoms with van der Waals surface area (Å²) in [6, 6.07) is 7.64. The van der Waals surface area contributed by atoms with Gasteiger partial charge in [0.2, 0.25) is 0 Å². The van der Waals surface area contributed by atoms with E-state index in [9.17, 15) is 14.9 Å². The van der Waals surface area contributed by atoms with E-state index in [-0.39, 0.29) is 11.6 Å². The van der Waals surface area contributed by atoms with Crippen molar-refractivity contribution >= 4 is 44.8 Å². The number of rotatable bonds is 5. The average molecular weight is 428 g/mol. The van der Waals surface area contributed by atoms with E-state index in [0.717, 1.165) is 11.1 Å². The first-order chi connectivity index (χ1) is 11.7. The van der Waals surface area contributed by atoms with Crippen molar-refractivity contribution in [1.82, 2.24) is 0 Å². The van der Waals surface area contributed by atoms with Crippen molar-refractivity contribution in [3.05, 3.63) is 61.1 Å². The molecule has 2 aromatic carbocycles. The maximum Gasteiger partial charge on any atom is 0.270 e. The lowest BCUT2D eigenvalue weighted by atomic mass is 10.1. The lowest BCUT2D eigenvalue weighted by molar-refractivity contribution is -0.384. The van der Waals surface area contributed by atoms with E-state index in [4.69, 9.17) is 16.3 Å². The molecule has 6 nitrogen and oxygen atoms in total. The third-order valence-electron chi connectivity index (χ3n) is 3.51. The topological polar surface area (TPSA) is 81.5 Å². The summed E-state index contributed by atoms with van der Waals surface area (Å²) in [6.07, 6.45) is -0.762. The molecule has 2 rings (SSSR count). The van der Waals surface area contributed by atoms with Crippen molar-refractivity contribution in [2.45, 2.75) is 26.9 Å². The minimum Gasteiger partial charge on any atom is -0.481 e. The third kappa shape index (κ3) is 4.70. The molecular formula is C17H16BrClN2O4. The van der Waals surface area contributed by atoms with Crippen molar-refractivity contribution in [3.8, 4) is 5.75 Å². The SMILES string of the molecule is Cc1cc(O[C@H](C)C(=O)Nc2ccc([N+](=O)[O-])cc2Br)cc(C)c1Cl. The van der Waals surface area contributed by atoms with Gasteiger partial charge in [0.15, 0.2) is 6.10 Å². The molecule has 2 aromatic rings. The van der Waals surface area contributed by atoms with Crippen molar-refractivity contribution < 1.29 is 14.5 Å². The molecule has 1 atom stereocenters. The quantitative estimate of drug-likeness (QED) is 0.536. The Morgan fingerprint density at radius 1 is 1.28 bits per heavy atom. The van der Waals surface area contributed by atoms with Gasteiger partial charge in [0.05, 0.1) is 10.6 Å². The molecule has 8 heteroatoms. The Labute approximate surface area is 158 Å². The van der Waals surface area contributed by atoms with Gasteiger partial charge in [-0.3, -0.25) is 14.9 Å². The fourth-order valence-electron chi connectivity index (χ4n) is 2.19. The van der Waals surface area contributed by atoms with E-state index in [1.807, 2.05) is 13.8 Å². The predicted molar refractivity (Wildman–Crippen MR) is 100 cm³/mol. The van der Waals surface area contributed by atoms with Gasteiger partial charge in [-0.05, 0) is 66.0 Å². The molecule has 0 radical (unpaired) electrons. The molecule has 1 N–H and O–H groups in total. The summed E-state index contributed by atoms with van der Waals surface area (Å²) < 4.78 is 6.09. The summed E-state index contributed by atoms with van der Waals surface area (Å²) in [5.74, 6) is 0.171. The van der Waals surface area contributed by atoms with Gasteiger partial charge in [-0.25, -0.2) is 0 Å². The van der Waals surface area contributed by atoms with Crippen LogP contribution >= 0.6 is 27.5 Å². The molecule has 0 heterocycles. The van der Waals surface area contributed by atoms with Crippen LogP contribution in [0, 0.1) is 24.0 Å². The highest BCUT2D eigenvalue weighted by atomic mass is 79.9. The number of anilines is 1. The van der Waals surface area contributed by atoms with E-state index in [1.54, 1.807) is 19.1 Å². The van der Waals surface area contributed by atoms with Gasteiger partial charge in [-0.15, -0.1) is 0 Å². The number of benzene rings is 2. The summed E-state index contributed by atoms with van der Waals surface area (Å²) in [6.45, 7) is 5.34. The second-order valence-corrected chi connectivity index (χ2v) is 6.77. The molecule has 1 amide bonds. The Balaban J connectivity index is 2.09. The van der Waals surface area contributed by atoms with Gasteiger partial charge in [0.1, 0.15) is 5.75 Å². The predicted octanol–water partition coefficient (Wildman–Crippen LogP) is 5.03. The van der Waals surface area contributed by atoms with Gasteiger partial charge in [0.25, 0.3) is 11.6 Å². The number of carbonyl (C=O) groups excluding carboxylic acids is 1. The van der Waals surface area contributed by atoms with Crippen LogP contribution < -0.4 is 10.1 Å². The second-order valence-electron chi connectivity index (χ2n) is 5.54. The van der Waals surface area contributed by atoms with Crippen LogP contribution in [0.2, 0.25) is 5.02 Å². The van der Waals surface area contributed by atoms with Crippen molar-refractivity contribution in [1.29, 1.82) is 0 Å². The van der Waals surface area contributed by atoms with E-state index in [1.165, 1.54) is 18.2 Å². The van der Waals surface area contributed by atoms with Gasteiger partial charge in [-0.1, -0.05) is 11.6 Å². The monoisotopic (exact) mass is 426 g/mol. The Hall–Kier alpha value is -2.12. The highest BCUT2D eigenvalue weighted by Gasteiger charge is 2.18. The fourth-order valence-corrected chi connectivity index (χ4v) is 2.76. The molecule has 0 aliphatic heterocycles. The number of ether oxygens (including phenoxy) is 1. The number of nitrogens with one attached hydrogen (secondary N) is 1. The maximum atomic E-state index is 12.3. The van der Waals surface area contributed by atoms with Crippen LogP contribution in [0.15, 0.2) is 34.8 Å². The number of nitro groups is 1. The number of nitro benzene ring substituents is 1. The smallest absolute Gasteiger partial charge is 0.270 e. The molecule has 0 saturated carbocycles. The summed E-state index contributed by atoms with van der Waals surface area (Å²) in [5.41, 5.74) is 2.08. The minimum atomic E-state index is -0.762. The zero-order valence-electron chi connectivity index (χ0n) is 13.8. The first kappa shape index (κ1) is 19.2. The van der Waals surface area contributed by atoms with Gasteiger partial charge in [-0.2, -0.15) is 0 Å². The lowest BCUT2D eigenvalue weighted by Gasteiger charge is -2.16. The number of carbonyl (C=O) groups is 1. The van der Waals surface area contributed by atoms with E-state index in [2.05, 4.69) is 21.2 Å². The number of nitrogens with zero attached hydrogens (tertiary/aromatic N) is 1. The molecule has 132 valence electrons. The molecule has 0 bridgehead atoms. The minimum absolute atomic E-state index is 0.0683. The van der Waals surface area contributed by atoms with Crippen molar-refractivity contribution in [3.63, 3.8) is 0 Å². The Kier molecular flexibility index (Phi) is 6.02. The Bertz CT molecular complexity index is 818. The zero-order chi connectivity index (χ0) is 18.7. The largest absolute Gasteiger partial charge is 0.481 e. The van der Waals surface area contributed by atoms with E-state index >= 15 is 0 Å².